The van der Waals surface area contributed by atoms with Crippen LogP contribution in [-0.2, 0) is 9.53 Å². The molecule has 0 aliphatic carbocycles. The first-order valence-corrected chi connectivity index (χ1v) is 5.78. The van der Waals surface area contributed by atoms with Crippen molar-refractivity contribution in [3.05, 3.63) is 40.9 Å². The number of fused-ring (bicyclic) bond motifs is 1. The SMILES string of the molecule is COC(=O)C(C)(C)Nc1ccc2nccc(=O)n2c1. The van der Waals surface area contributed by atoms with E-state index >= 15 is 0 Å². The Kier molecular flexibility index (Phi) is 3.25. The van der Waals surface area contributed by atoms with Crippen LogP contribution < -0.4 is 10.9 Å². The van der Waals surface area contributed by atoms with Gasteiger partial charge in [0.2, 0.25) is 0 Å². The average Bonchev–Trinajstić information content (AvgIpc) is 2.38. The Bertz CT molecular complexity index is 676. The van der Waals surface area contributed by atoms with Gasteiger partial charge in [0.05, 0.1) is 12.8 Å². The van der Waals surface area contributed by atoms with Crippen LogP contribution >= 0.6 is 0 Å². The molecule has 0 unspecified atom stereocenters. The van der Waals surface area contributed by atoms with Crippen molar-refractivity contribution in [2.45, 2.75) is 19.4 Å². The van der Waals surface area contributed by atoms with Crippen LogP contribution in [0.25, 0.3) is 5.65 Å². The number of anilines is 1. The molecule has 0 spiro atoms. The summed E-state index contributed by atoms with van der Waals surface area (Å²) in [5.41, 5.74) is 0.130. The van der Waals surface area contributed by atoms with Gasteiger partial charge in [0.25, 0.3) is 5.56 Å². The summed E-state index contributed by atoms with van der Waals surface area (Å²) in [5, 5.41) is 3.03. The minimum absolute atomic E-state index is 0.176. The highest BCUT2D eigenvalue weighted by Crippen LogP contribution is 2.16. The van der Waals surface area contributed by atoms with Gasteiger partial charge in [-0.15, -0.1) is 0 Å². The zero-order valence-corrected chi connectivity index (χ0v) is 11.0. The number of nitrogens with zero attached hydrogens (tertiary/aromatic N) is 2. The average molecular weight is 261 g/mol. The number of nitrogens with one attached hydrogen (secondary N) is 1. The Hall–Kier alpha value is -2.37. The molecule has 100 valence electrons. The standard InChI is InChI=1S/C13H15N3O3/c1-13(2,12(18)19-3)15-9-4-5-10-14-7-6-11(17)16(10)8-9/h4-8,15H,1-3H3. The molecule has 0 amide bonds. The highest BCUT2D eigenvalue weighted by atomic mass is 16.5. The molecule has 1 N–H and O–H groups in total. The number of hydrogen-bond acceptors (Lipinski definition) is 5. The van der Waals surface area contributed by atoms with E-state index < -0.39 is 5.54 Å². The Balaban J connectivity index is 2.40. The molecule has 2 heterocycles. The summed E-state index contributed by atoms with van der Waals surface area (Å²) < 4.78 is 6.13. The van der Waals surface area contributed by atoms with Crippen molar-refractivity contribution in [2.75, 3.05) is 12.4 Å². The molecule has 2 aromatic rings. The summed E-state index contributed by atoms with van der Waals surface area (Å²) in [6.45, 7) is 3.41. The van der Waals surface area contributed by atoms with E-state index in [0.29, 0.717) is 11.3 Å². The normalized spacial score (nSPS) is 11.3. The number of methoxy groups -OCH3 is 1. The van der Waals surface area contributed by atoms with Crippen LogP contribution in [0.4, 0.5) is 5.69 Å². The van der Waals surface area contributed by atoms with E-state index in [1.807, 2.05) is 0 Å². The lowest BCUT2D eigenvalue weighted by atomic mass is 10.1. The summed E-state index contributed by atoms with van der Waals surface area (Å²) >= 11 is 0. The van der Waals surface area contributed by atoms with Crippen LogP contribution in [0.5, 0.6) is 0 Å². The van der Waals surface area contributed by atoms with Crippen molar-refractivity contribution in [1.29, 1.82) is 0 Å². The van der Waals surface area contributed by atoms with Gasteiger partial charge < -0.3 is 10.1 Å². The quantitative estimate of drug-likeness (QED) is 0.836. The zero-order chi connectivity index (χ0) is 14.0. The van der Waals surface area contributed by atoms with Crippen LogP contribution in [0.3, 0.4) is 0 Å². The summed E-state index contributed by atoms with van der Waals surface area (Å²) in [5.74, 6) is -0.383. The molecule has 0 radical (unpaired) electrons. The molecule has 0 aliphatic rings. The molecule has 0 aromatic carbocycles. The molecule has 2 rings (SSSR count). The molecule has 0 bridgehead atoms. The van der Waals surface area contributed by atoms with Gasteiger partial charge in [-0.3, -0.25) is 9.20 Å². The van der Waals surface area contributed by atoms with Crippen molar-refractivity contribution in [3.8, 4) is 0 Å². The first-order valence-electron chi connectivity index (χ1n) is 5.78. The smallest absolute Gasteiger partial charge is 0.330 e. The van der Waals surface area contributed by atoms with Gasteiger partial charge in [-0.2, -0.15) is 0 Å². The topological polar surface area (TPSA) is 72.7 Å². The second-order valence-corrected chi connectivity index (χ2v) is 4.67. The van der Waals surface area contributed by atoms with E-state index in [-0.39, 0.29) is 11.5 Å². The molecule has 6 heteroatoms. The number of carbonyl (C=O) groups is 1. The van der Waals surface area contributed by atoms with Gasteiger partial charge >= 0.3 is 5.97 Å². The second kappa shape index (κ2) is 4.72. The Labute approximate surface area is 110 Å². The Morgan fingerprint density at radius 1 is 1.37 bits per heavy atom. The number of esters is 1. The van der Waals surface area contributed by atoms with Crippen LogP contribution in [0.1, 0.15) is 13.8 Å². The molecule has 0 saturated heterocycles. The van der Waals surface area contributed by atoms with Gasteiger partial charge in [0.15, 0.2) is 0 Å². The van der Waals surface area contributed by atoms with Crippen LogP contribution in [0, 0.1) is 0 Å². The third kappa shape index (κ3) is 2.57. The number of ether oxygens (including phenoxy) is 1. The summed E-state index contributed by atoms with van der Waals surface area (Å²) in [4.78, 5) is 27.4. The number of hydrogen-bond donors (Lipinski definition) is 1. The lowest BCUT2D eigenvalue weighted by Crippen LogP contribution is -2.41. The van der Waals surface area contributed by atoms with E-state index in [4.69, 9.17) is 4.74 Å². The molecular formula is C13H15N3O3. The first kappa shape index (κ1) is 13.1. The fraction of sp³-hybridized carbons (Fsp3) is 0.308. The van der Waals surface area contributed by atoms with Gasteiger partial charge in [0.1, 0.15) is 11.2 Å². The summed E-state index contributed by atoms with van der Waals surface area (Å²) in [6.07, 6.45) is 3.07. The predicted octanol–water partition coefficient (Wildman–Crippen LogP) is 1.06. The van der Waals surface area contributed by atoms with Crippen molar-refractivity contribution < 1.29 is 9.53 Å². The zero-order valence-electron chi connectivity index (χ0n) is 11.0. The molecule has 6 nitrogen and oxygen atoms in total. The molecule has 0 aliphatic heterocycles. The minimum Gasteiger partial charge on any atom is -0.467 e. The predicted molar refractivity (Wildman–Crippen MR) is 71.2 cm³/mol. The molecule has 0 saturated carbocycles. The number of carbonyl (C=O) groups excluding carboxylic acids is 1. The monoisotopic (exact) mass is 261 g/mol. The van der Waals surface area contributed by atoms with Crippen LogP contribution in [0.15, 0.2) is 35.4 Å². The maximum absolute atomic E-state index is 11.7. The summed E-state index contributed by atoms with van der Waals surface area (Å²) in [6, 6.07) is 4.84. The Morgan fingerprint density at radius 3 is 2.79 bits per heavy atom. The number of pyridine rings is 1. The van der Waals surface area contributed by atoms with Gasteiger partial charge in [0, 0.05) is 18.5 Å². The highest BCUT2D eigenvalue weighted by Gasteiger charge is 2.28. The third-order valence-electron chi connectivity index (χ3n) is 2.74. The Morgan fingerprint density at radius 2 is 2.11 bits per heavy atom. The molecular weight excluding hydrogens is 246 g/mol. The van der Waals surface area contributed by atoms with E-state index in [1.54, 1.807) is 32.2 Å². The fourth-order valence-corrected chi connectivity index (χ4v) is 1.77. The van der Waals surface area contributed by atoms with Crippen molar-refractivity contribution in [1.82, 2.24) is 9.38 Å². The van der Waals surface area contributed by atoms with Crippen LogP contribution in [0.2, 0.25) is 0 Å². The number of rotatable bonds is 3. The van der Waals surface area contributed by atoms with Gasteiger partial charge in [-0.25, -0.2) is 9.78 Å². The lowest BCUT2D eigenvalue weighted by molar-refractivity contribution is -0.144. The van der Waals surface area contributed by atoms with E-state index in [0.717, 1.165) is 0 Å². The minimum atomic E-state index is -0.881. The maximum atomic E-state index is 11.7. The third-order valence-corrected chi connectivity index (χ3v) is 2.74. The van der Waals surface area contributed by atoms with E-state index in [1.165, 1.54) is 23.8 Å². The van der Waals surface area contributed by atoms with Gasteiger partial charge in [-0.05, 0) is 26.0 Å². The van der Waals surface area contributed by atoms with Crippen molar-refractivity contribution >= 4 is 17.3 Å². The van der Waals surface area contributed by atoms with Crippen molar-refractivity contribution in [2.24, 2.45) is 0 Å². The second-order valence-electron chi connectivity index (χ2n) is 4.67. The molecule has 2 aromatic heterocycles. The van der Waals surface area contributed by atoms with Crippen molar-refractivity contribution in [3.63, 3.8) is 0 Å². The molecule has 0 atom stereocenters. The fourth-order valence-electron chi connectivity index (χ4n) is 1.77. The van der Waals surface area contributed by atoms with Gasteiger partial charge in [-0.1, -0.05) is 0 Å². The molecule has 0 fully saturated rings. The summed E-state index contributed by atoms with van der Waals surface area (Å²) in [7, 11) is 1.33. The first-order chi connectivity index (χ1) is 8.94. The van der Waals surface area contributed by atoms with Crippen LogP contribution in [-0.4, -0.2) is 28.0 Å². The maximum Gasteiger partial charge on any atom is 0.330 e. The number of aromatic nitrogens is 2. The lowest BCUT2D eigenvalue weighted by Gasteiger charge is -2.24. The largest absolute Gasteiger partial charge is 0.467 e. The highest BCUT2D eigenvalue weighted by molar-refractivity contribution is 5.83. The molecule has 19 heavy (non-hydrogen) atoms. The van der Waals surface area contributed by atoms with E-state index in [9.17, 15) is 9.59 Å². The van der Waals surface area contributed by atoms with E-state index in [2.05, 4.69) is 10.3 Å².